The van der Waals surface area contributed by atoms with Crippen LogP contribution in [0.1, 0.15) is 35.4 Å². The van der Waals surface area contributed by atoms with Gasteiger partial charge in [0.15, 0.2) is 0 Å². The molecular formula is C21H23N3O. The predicted molar refractivity (Wildman–Crippen MR) is 101 cm³/mol. The lowest BCUT2D eigenvalue weighted by atomic mass is 10.00. The molecule has 1 saturated carbocycles. The third-order valence-corrected chi connectivity index (χ3v) is 5.20. The number of fused-ring (bicyclic) bond motifs is 1. The van der Waals surface area contributed by atoms with Crippen LogP contribution in [0.25, 0.3) is 0 Å². The number of rotatable bonds is 4. The van der Waals surface area contributed by atoms with Gasteiger partial charge in [0.1, 0.15) is 0 Å². The molecule has 128 valence electrons. The molecule has 1 fully saturated rings. The van der Waals surface area contributed by atoms with Crippen LogP contribution in [0.3, 0.4) is 0 Å². The summed E-state index contributed by atoms with van der Waals surface area (Å²) in [6.07, 6.45) is 4.95. The number of carbonyl (C=O) groups excluding carboxylic acids is 1. The number of hydrogen-bond donors (Lipinski definition) is 1. The van der Waals surface area contributed by atoms with Gasteiger partial charge < -0.3 is 4.90 Å². The van der Waals surface area contributed by atoms with Crippen molar-refractivity contribution in [2.45, 2.75) is 25.2 Å². The molecule has 0 saturated heterocycles. The van der Waals surface area contributed by atoms with Crippen molar-refractivity contribution < 1.29 is 4.79 Å². The molecule has 25 heavy (non-hydrogen) atoms. The highest BCUT2D eigenvalue weighted by Gasteiger charge is 2.43. The number of amides is 1. The molecule has 4 rings (SSSR count). The van der Waals surface area contributed by atoms with E-state index < -0.39 is 0 Å². The first-order chi connectivity index (χ1) is 12.2. The van der Waals surface area contributed by atoms with Crippen LogP contribution in [0.4, 0.5) is 5.69 Å². The van der Waals surface area contributed by atoms with E-state index in [1.54, 1.807) is 6.21 Å². The number of nitrogens with one attached hydrogen (secondary N) is 1. The highest BCUT2D eigenvalue weighted by molar-refractivity contribution is 5.86. The molecule has 0 radical (unpaired) electrons. The van der Waals surface area contributed by atoms with Crippen molar-refractivity contribution in [3.8, 4) is 0 Å². The molecule has 2 unspecified atom stereocenters. The van der Waals surface area contributed by atoms with Gasteiger partial charge in [-0.2, -0.15) is 5.10 Å². The minimum atomic E-state index is 0.0165. The van der Waals surface area contributed by atoms with Gasteiger partial charge in [-0.25, -0.2) is 5.43 Å². The van der Waals surface area contributed by atoms with E-state index in [2.05, 4.69) is 52.8 Å². The second-order valence-corrected chi connectivity index (χ2v) is 7.01. The zero-order valence-electron chi connectivity index (χ0n) is 14.5. The summed E-state index contributed by atoms with van der Waals surface area (Å²) in [5.41, 5.74) is 7.63. The standard InChI is InChI=1S/C21H23N3O/c1-24-11-5-8-17-12-15(9-10-20(17)24)14-22-23-21(25)19-13-18(19)16-6-3-2-4-7-16/h2-4,6-7,9-10,12,14,18-19H,5,8,11,13H2,1H3,(H,23,25). The number of benzene rings is 2. The Balaban J connectivity index is 1.35. The number of anilines is 1. The summed E-state index contributed by atoms with van der Waals surface area (Å²) in [5.74, 6) is 0.412. The molecule has 1 heterocycles. The Hall–Kier alpha value is -2.62. The predicted octanol–water partition coefficient (Wildman–Crippen LogP) is 3.32. The molecule has 4 heteroatoms. The van der Waals surface area contributed by atoms with Crippen LogP contribution >= 0.6 is 0 Å². The summed E-state index contributed by atoms with van der Waals surface area (Å²) in [5, 5.41) is 4.16. The van der Waals surface area contributed by atoms with E-state index in [4.69, 9.17) is 0 Å². The van der Waals surface area contributed by atoms with E-state index in [1.165, 1.54) is 23.2 Å². The van der Waals surface area contributed by atoms with Gasteiger partial charge in [0.2, 0.25) is 5.91 Å². The smallest absolute Gasteiger partial charge is 0.243 e. The molecule has 2 aromatic rings. The molecular weight excluding hydrogens is 310 g/mol. The van der Waals surface area contributed by atoms with Gasteiger partial charge in [-0.15, -0.1) is 0 Å². The fourth-order valence-electron chi connectivity index (χ4n) is 3.69. The Morgan fingerprint density at radius 1 is 1.24 bits per heavy atom. The van der Waals surface area contributed by atoms with Gasteiger partial charge in [-0.3, -0.25) is 4.79 Å². The Morgan fingerprint density at radius 2 is 2.08 bits per heavy atom. The fraction of sp³-hybridized carbons (Fsp3) is 0.333. The van der Waals surface area contributed by atoms with E-state index >= 15 is 0 Å². The van der Waals surface area contributed by atoms with E-state index in [0.717, 1.165) is 24.9 Å². The van der Waals surface area contributed by atoms with Crippen LogP contribution in [-0.4, -0.2) is 25.7 Å². The molecule has 1 aliphatic carbocycles. The molecule has 2 aliphatic rings. The Kier molecular flexibility index (Phi) is 4.26. The minimum Gasteiger partial charge on any atom is -0.374 e. The quantitative estimate of drug-likeness (QED) is 0.689. The van der Waals surface area contributed by atoms with Crippen LogP contribution in [-0.2, 0) is 11.2 Å². The molecule has 4 nitrogen and oxygen atoms in total. The van der Waals surface area contributed by atoms with Gasteiger partial charge in [-0.05, 0) is 54.0 Å². The molecule has 0 bridgehead atoms. The number of hydrazone groups is 1. The second kappa shape index (κ2) is 6.71. The van der Waals surface area contributed by atoms with E-state index in [-0.39, 0.29) is 11.8 Å². The Bertz CT molecular complexity index is 800. The van der Waals surface area contributed by atoms with Crippen molar-refractivity contribution in [2.24, 2.45) is 11.0 Å². The highest BCUT2D eigenvalue weighted by atomic mass is 16.2. The monoisotopic (exact) mass is 333 g/mol. The maximum Gasteiger partial charge on any atom is 0.243 e. The van der Waals surface area contributed by atoms with Gasteiger partial charge in [0.25, 0.3) is 0 Å². The summed E-state index contributed by atoms with van der Waals surface area (Å²) >= 11 is 0. The van der Waals surface area contributed by atoms with Crippen LogP contribution in [0.15, 0.2) is 53.6 Å². The first-order valence-corrected chi connectivity index (χ1v) is 8.94. The fourth-order valence-corrected chi connectivity index (χ4v) is 3.69. The SMILES string of the molecule is CN1CCCc2cc(C=NNC(=O)C3CC3c3ccccc3)ccc21. The van der Waals surface area contributed by atoms with Gasteiger partial charge in [0.05, 0.1) is 6.21 Å². The average molecular weight is 333 g/mol. The second-order valence-electron chi connectivity index (χ2n) is 7.01. The molecule has 1 amide bonds. The largest absolute Gasteiger partial charge is 0.374 e. The van der Waals surface area contributed by atoms with Crippen molar-refractivity contribution in [2.75, 3.05) is 18.5 Å². The van der Waals surface area contributed by atoms with Crippen molar-refractivity contribution in [3.63, 3.8) is 0 Å². The lowest BCUT2D eigenvalue weighted by molar-refractivity contribution is -0.122. The first-order valence-electron chi connectivity index (χ1n) is 8.94. The van der Waals surface area contributed by atoms with E-state index in [1.807, 2.05) is 18.2 Å². The summed E-state index contributed by atoms with van der Waals surface area (Å²) in [7, 11) is 2.13. The summed E-state index contributed by atoms with van der Waals surface area (Å²) in [4.78, 5) is 14.5. The zero-order chi connectivity index (χ0) is 17.2. The van der Waals surface area contributed by atoms with E-state index in [0.29, 0.717) is 5.92 Å². The van der Waals surface area contributed by atoms with Crippen molar-refractivity contribution >= 4 is 17.8 Å². The molecule has 1 N–H and O–H groups in total. The Morgan fingerprint density at radius 3 is 2.92 bits per heavy atom. The van der Waals surface area contributed by atoms with Crippen LogP contribution in [0, 0.1) is 5.92 Å². The maximum atomic E-state index is 12.2. The number of aryl methyl sites for hydroxylation is 1. The third-order valence-electron chi connectivity index (χ3n) is 5.20. The molecule has 1 aliphatic heterocycles. The highest BCUT2D eigenvalue weighted by Crippen LogP contribution is 2.47. The first kappa shape index (κ1) is 15.9. The zero-order valence-corrected chi connectivity index (χ0v) is 14.5. The van der Waals surface area contributed by atoms with Crippen molar-refractivity contribution in [3.05, 3.63) is 65.2 Å². The van der Waals surface area contributed by atoms with Gasteiger partial charge >= 0.3 is 0 Å². The van der Waals surface area contributed by atoms with Crippen LogP contribution in [0.5, 0.6) is 0 Å². The van der Waals surface area contributed by atoms with Crippen molar-refractivity contribution in [1.82, 2.24) is 5.43 Å². The lowest BCUT2D eigenvalue weighted by Gasteiger charge is -2.27. The number of carbonyl (C=O) groups is 1. The lowest BCUT2D eigenvalue weighted by Crippen LogP contribution is -2.24. The third kappa shape index (κ3) is 3.43. The Labute approximate surface area is 148 Å². The van der Waals surface area contributed by atoms with Crippen LogP contribution < -0.4 is 10.3 Å². The molecule has 2 atom stereocenters. The van der Waals surface area contributed by atoms with Gasteiger partial charge in [-0.1, -0.05) is 36.4 Å². The number of nitrogens with zero attached hydrogens (tertiary/aromatic N) is 2. The minimum absolute atomic E-state index is 0.0165. The number of hydrogen-bond acceptors (Lipinski definition) is 3. The average Bonchev–Trinajstić information content (AvgIpc) is 3.43. The summed E-state index contributed by atoms with van der Waals surface area (Å²) in [6, 6.07) is 16.6. The summed E-state index contributed by atoms with van der Waals surface area (Å²) < 4.78 is 0. The van der Waals surface area contributed by atoms with Crippen molar-refractivity contribution in [1.29, 1.82) is 0 Å². The van der Waals surface area contributed by atoms with Crippen LogP contribution in [0.2, 0.25) is 0 Å². The van der Waals surface area contributed by atoms with E-state index in [9.17, 15) is 4.79 Å². The molecule has 2 aromatic carbocycles. The summed E-state index contributed by atoms with van der Waals surface area (Å²) in [6.45, 7) is 1.11. The van der Waals surface area contributed by atoms with Gasteiger partial charge in [0, 0.05) is 25.2 Å². The molecule has 0 aromatic heterocycles. The molecule has 0 spiro atoms. The normalized spacial score (nSPS) is 21.9. The topological polar surface area (TPSA) is 44.7 Å². The maximum absolute atomic E-state index is 12.2.